The van der Waals surface area contributed by atoms with Crippen LogP contribution in [0.2, 0.25) is 0 Å². The molecule has 1 unspecified atom stereocenters. The molecule has 1 fully saturated rings. The minimum atomic E-state index is 0.119. The Bertz CT molecular complexity index is 763. The van der Waals surface area contributed by atoms with Crippen LogP contribution >= 0.6 is 11.3 Å². The van der Waals surface area contributed by atoms with Gasteiger partial charge in [0.25, 0.3) is 0 Å². The maximum atomic E-state index is 4.57. The lowest BCUT2D eigenvalue weighted by atomic mass is 10.1. The van der Waals surface area contributed by atoms with Gasteiger partial charge in [0.1, 0.15) is 5.69 Å². The van der Waals surface area contributed by atoms with Crippen molar-refractivity contribution in [2.75, 3.05) is 16.8 Å². The summed E-state index contributed by atoms with van der Waals surface area (Å²) in [6.07, 6.45) is 10.8. The van der Waals surface area contributed by atoms with E-state index < -0.39 is 0 Å². The Morgan fingerprint density at radius 1 is 1.00 bits per heavy atom. The van der Waals surface area contributed by atoms with Gasteiger partial charge in [-0.15, -0.1) is 11.3 Å². The Kier molecular flexibility index (Phi) is 3.81. The molecule has 8 heteroatoms. The Balaban J connectivity index is 1.67. The van der Waals surface area contributed by atoms with Crippen molar-refractivity contribution in [1.29, 1.82) is 0 Å². The molecule has 0 aliphatic carbocycles. The number of aromatic nitrogens is 5. The molecular formula is C15H15N7S. The van der Waals surface area contributed by atoms with Gasteiger partial charge in [-0.1, -0.05) is 0 Å². The molecule has 0 aromatic carbocycles. The van der Waals surface area contributed by atoms with Crippen LogP contribution < -0.4 is 10.2 Å². The molecule has 0 radical (unpaired) electrons. The SMILES string of the molecule is c1cnc(N2CCCC2c2nccnc2Nc2nccs2)nc1. The zero-order valence-electron chi connectivity index (χ0n) is 12.3. The molecule has 0 amide bonds. The fourth-order valence-corrected chi connectivity index (χ4v) is 3.33. The van der Waals surface area contributed by atoms with Crippen molar-refractivity contribution in [2.24, 2.45) is 0 Å². The molecule has 4 rings (SSSR count). The fraction of sp³-hybridized carbons (Fsp3) is 0.267. The first-order valence-electron chi connectivity index (χ1n) is 7.43. The smallest absolute Gasteiger partial charge is 0.225 e. The standard InChI is InChI=1S/C15H15N7S/c1-3-11(22(9-1)14-18-4-2-5-19-14)12-13(17-7-6-16-12)21-15-20-8-10-23-15/h2,4-8,10-11H,1,3,9H2,(H,17,20,21). The second-order valence-corrected chi connectivity index (χ2v) is 6.05. The van der Waals surface area contributed by atoms with E-state index in [1.54, 1.807) is 31.0 Å². The van der Waals surface area contributed by atoms with E-state index in [0.29, 0.717) is 0 Å². The molecular weight excluding hydrogens is 310 g/mol. The van der Waals surface area contributed by atoms with Crippen LogP contribution in [0.1, 0.15) is 24.6 Å². The van der Waals surface area contributed by atoms with Crippen LogP contribution in [0.3, 0.4) is 0 Å². The first-order chi connectivity index (χ1) is 11.4. The average molecular weight is 325 g/mol. The number of hydrogen-bond donors (Lipinski definition) is 1. The van der Waals surface area contributed by atoms with Gasteiger partial charge in [0, 0.05) is 42.9 Å². The predicted octanol–water partition coefficient (Wildman–Crippen LogP) is 2.81. The third-order valence-electron chi connectivity index (χ3n) is 3.76. The topological polar surface area (TPSA) is 79.7 Å². The van der Waals surface area contributed by atoms with Gasteiger partial charge < -0.3 is 10.2 Å². The van der Waals surface area contributed by atoms with E-state index in [1.165, 1.54) is 11.3 Å². The largest absolute Gasteiger partial charge is 0.332 e. The van der Waals surface area contributed by atoms with Gasteiger partial charge in [-0.05, 0) is 18.9 Å². The first kappa shape index (κ1) is 14.0. The van der Waals surface area contributed by atoms with E-state index in [4.69, 9.17) is 0 Å². The van der Waals surface area contributed by atoms with Crippen molar-refractivity contribution < 1.29 is 0 Å². The molecule has 1 N–H and O–H groups in total. The normalized spacial score (nSPS) is 17.4. The van der Waals surface area contributed by atoms with Crippen molar-refractivity contribution in [3.8, 4) is 0 Å². The van der Waals surface area contributed by atoms with E-state index in [1.807, 2.05) is 11.4 Å². The summed E-state index contributed by atoms with van der Waals surface area (Å²) in [6.45, 7) is 0.919. The highest BCUT2D eigenvalue weighted by atomic mass is 32.1. The van der Waals surface area contributed by atoms with Gasteiger partial charge in [-0.25, -0.2) is 19.9 Å². The van der Waals surface area contributed by atoms with E-state index in [0.717, 1.165) is 42.0 Å². The van der Waals surface area contributed by atoms with Crippen LogP contribution in [0.15, 0.2) is 42.4 Å². The monoisotopic (exact) mass is 325 g/mol. The van der Waals surface area contributed by atoms with Crippen molar-refractivity contribution in [1.82, 2.24) is 24.9 Å². The third kappa shape index (κ3) is 2.85. The summed E-state index contributed by atoms with van der Waals surface area (Å²) in [5, 5.41) is 6.01. The van der Waals surface area contributed by atoms with Crippen LogP contribution in [0.25, 0.3) is 0 Å². The summed E-state index contributed by atoms with van der Waals surface area (Å²) in [6, 6.07) is 1.94. The lowest BCUT2D eigenvalue weighted by Gasteiger charge is -2.25. The number of hydrogen-bond acceptors (Lipinski definition) is 8. The van der Waals surface area contributed by atoms with Gasteiger partial charge in [-0.2, -0.15) is 0 Å². The lowest BCUT2D eigenvalue weighted by Crippen LogP contribution is -2.26. The van der Waals surface area contributed by atoms with Gasteiger partial charge in [0.15, 0.2) is 10.9 Å². The Morgan fingerprint density at radius 3 is 2.70 bits per heavy atom. The summed E-state index contributed by atoms with van der Waals surface area (Å²) in [5.74, 6) is 1.48. The molecule has 7 nitrogen and oxygen atoms in total. The van der Waals surface area contributed by atoms with Gasteiger partial charge in [0.05, 0.1) is 6.04 Å². The molecule has 1 aliphatic rings. The summed E-state index contributed by atoms with van der Waals surface area (Å²) >= 11 is 1.54. The Morgan fingerprint density at radius 2 is 1.87 bits per heavy atom. The molecule has 1 atom stereocenters. The van der Waals surface area contributed by atoms with E-state index in [2.05, 4.69) is 35.1 Å². The first-order valence-corrected chi connectivity index (χ1v) is 8.31. The zero-order valence-corrected chi connectivity index (χ0v) is 13.1. The van der Waals surface area contributed by atoms with Crippen LogP contribution in [0.4, 0.5) is 16.9 Å². The van der Waals surface area contributed by atoms with Gasteiger partial charge in [0.2, 0.25) is 5.95 Å². The molecule has 4 heterocycles. The van der Waals surface area contributed by atoms with Crippen LogP contribution in [0, 0.1) is 0 Å². The summed E-state index contributed by atoms with van der Waals surface area (Å²) in [5.41, 5.74) is 0.910. The second-order valence-electron chi connectivity index (χ2n) is 5.15. The highest BCUT2D eigenvalue weighted by Crippen LogP contribution is 2.36. The van der Waals surface area contributed by atoms with Gasteiger partial charge >= 0.3 is 0 Å². The summed E-state index contributed by atoms with van der Waals surface area (Å²) in [7, 11) is 0. The number of nitrogens with one attached hydrogen (secondary N) is 1. The van der Waals surface area contributed by atoms with E-state index in [9.17, 15) is 0 Å². The molecule has 0 bridgehead atoms. The molecule has 1 saturated heterocycles. The number of thiazole rings is 1. The minimum absolute atomic E-state index is 0.119. The quantitative estimate of drug-likeness (QED) is 0.790. The molecule has 3 aromatic rings. The van der Waals surface area contributed by atoms with Gasteiger partial charge in [-0.3, -0.25) is 4.98 Å². The lowest BCUT2D eigenvalue weighted by molar-refractivity contribution is 0.677. The molecule has 3 aromatic heterocycles. The third-order valence-corrected chi connectivity index (χ3v) is 4.45. The number of nitrogens with zero attached hydrogens (tertiary/aromatic N) is 6. The number of rotatable bonds is 4. The van der Waals surface area contributed by atoms with Crippen molar-refractivity contribution >= 4 is 28.2 Å². The molecule has 1 aliphatic heterocycles. The van der Waals surface area contributed by atoms with E-state index >= 15 is 0 Å². The maximum Gasteiger partial charge on any atom is 0.225 e. The fourth-order valence-electron chi connectivity index (χ4n) is 2.81. The van der Waals surface area contributed by atoms with Crippen LogP contribution in [0.5, 0.6) is 0 Å². The molecule has 23 heavy (non-hydrogen) atoms. The highest BCUT2D eigenvalue weighted by molar-refractivity contribution is 7.13. The summed E-state index contributed by atoms with van der Waals surface area (Å²) in [4.78, 5) is 24.2. The van der Waals surface area contributed by atoms with E-state index in [-0.39, 0.29) is 6.04 Å². The Hall–Kier alpha value is -2.61. The van der Waals surface area contributed by atoms with Crippen LogP contribution in [-0.4, -0.2) is 31.5 Å². The minimum Gasteiger partial charge on any atom is -0.332 e. The number of anilines is 3. The predicted molar refractivity (Wildman–Crippen MR) is 88.8 cm³/mol. The van der Waals surface area contributed by atoms with Crippen LogP contribution in [-0.2, 0) is 0 Å². The highest BCUT2D eigenvalue weighted by Gasteiger charge is 2.31. The Labute approximate surface area is 137 Å². The summed E-state index contributed by atoms with van der Waals surface area (Å²) < 4.78 is 0. The second kappa shape index (κ2) is 6.25. The molecule has 0 spiro atoms. The average Bonchev–Trinajstić information content (AvgIpc) is 3.28. The molecule has 116 valence electrons. The maximum absolute atomic E-state index is 4.57. The van der Waals surface area contributed by atoms with Crippen molar-refractivity contribution in [2.45, 2.75) is 18.9 Å². The van der Waals surface area contributed by atoms with Crippen molar-refractivity contribution in [3.63, 3.8) is 0 Å². The molecule has 0 saturated carbocycles. The van der Waals surface area contributed by atoms with Crippen molar-refractivity contribution in [3.05, 3.63) is 48.1 Å². The zero-order chi connectivity index (χ0) is 15.5.